The first kappa shape index (κ1) is 13.6. The molecule has 4 heteroatoms. The monoisotopic (exact) mass is 273 g/mol. The molecule has 1 unspecified atom stereocenters. The van der Waals surface area contributed by atoms with Crippen molar-refractivity contribution in [2.45, 2.75) is 25.9 Å². The Labute approximate surface area is 120 Å². The maximum absolute atomic E-state index is 11.3. The van der Waals surface area contributed by atoms with Crippen LogP contribution in [-0.4, -0.2) is 54.5 Å². The molecule has 108 valence electrons. The van der Waals surface area contributed by atoms with E-state index in [1.807, 2.05) is 4.90 Å². The summed E-state index contributed by atoms with van der Waals surface area (Å²) in [7, 11) is 0. The summed E-state index contributed by atoms with van der Waals surface area (Å²) < 4.78 is 0. The summed E-state index contributed by atoms with van der Waals surface area (Å²) in [6.45, 7) is 8.66. The van der Waals surface area contributed by atoms with Gasteiger partial charge in [0.25, 0.3) is 0 Å². The molecule has 1 atom stereocenters. The average molecular weight is 273 g/mol. The van der Waals surface area contributed by atoms with Crippen LogP contribution in [-0.2, 0) is 4.79 Å². The Kier molecular flexibility index (Phi) is 3.76. The van der Waals surface area contributed by atoms with Gasteiger partial charge >= 0.3 is 0 Å². The number of benzene rings is 1. The van der Waals surface area contributed by atoms with E-state index in [1.54, 1.807) is 6.92 Å². The van der Waals surface area contributed by atoms with Crippen molar-refractivity contribution in [3.05, 3.63) is 35.4 Å². The first-order valence-corrected chi connectivity index (χ1v) is 7.43. The molecule has 1 aromatic carbocycles. The molecule has 0 aromatic heterocycles. The van der Waals surface area contributed by atoms with Gasteiger partial charge in [0, 0.05) is 51.7 Å². The molecule has 2 fully saturated rings. The molecule has 20 heavy (non-hydrogen) atoms. The highest BCUT2D eigenvalue weighted by molar-refractivity contribution is 5.74. The summed E-state index contributed by atoms with van der Waals surface area (Å²) in [5.74, 6) is 0.197. The summed E-state index contributed by atoms with van der Waals surface area (Å²) in [5, 5.41) is 3.49. The molecule has 0 radical (unpaired) electrons. The van der Waals surface area contributed by atoms with Crippen LogP contribution in [0.2, 0.25) is 0 Å². The normalized spacial score (nSPS) is 24.5. The standard InChI is InChI=1S/C16H23N3O/c1-12-3-5-14(6-4-12)16-9-17-7-8-19(16)15-10-18(11-15)13(2)20/h3-6,15-17H,7-11H2,1-2H3. The predicted molar refractivity (Wildman–Crippen MR) is 79.5 cm³/mol. The van der Waals surface area contributed by atoms with Gasteiger partial charge in [0.15, 0.2) is 0 Å². The lowest BCUT2D eigenvalue weighted by Gasteiger charge is -2.50. The van der Waals surface area contributed by atoms with Crippen LogP contribution in [0.25, 0.3) is 0 Å². The van der Waals surface area contributed by atoms with Crippen LogP contribution in [0.4, 0.5) is 0 Å². The molecule has 0 bridgehead atoms. The summed E-state index contributed by atoms with van der Waals surface area (Å²) in [6, 6.07) is 9.80. The minimum absolute atomic E-state index is 0.197. The second-order valence-corrected chi connectivity index (χ2v) is 5.95. The van der Waals surface area contributed by atoms with Crippen molar-refractivity contribution in [1.29, 1.82) is 0 Å². The zero-order valence-corrected chi connectivity index (χ0v) is 12.3. The van der Waals surface area contributed by atoms with Crippen molar-refractivity contribution < 1.29 is 4.79 Å². The van der Waals surface area contributed by atoms with Crippen LogP contribution < -0.4 is 5.32 Å². The lowest BCUT2D eigenvalue weighted by atomic mass is 9.97. The molecule has 2 aliphatic heterocycles. The van der Waals surface area contributed by atoms with E-state index in [0.29, 0.717) is 12.1 Å². The van der Waals surface area contributed by atoms with E-state index in [2.05, 4.69) is 41.4 Å². The zero-order valence-electron chi connectivity index (χ0n) is 12.3. The van der Waals surface area contributed by atoms with Gasteiger partial charge in [-0.25, -0.2) is 0 Å². The second-order valence-electron chi connectivity index (χ2n) is 5.95. The molecule has 1 amide bonds. The maximum atomic E-state index is 11.3. The minimum Gasteiger partial charge on any atom is -0.340 e. The average Bonchev–Trinajstić information content (AvgIpc) is 2.38. The van der Waals surface area contributed by atoms with E-state index in [4.69, 9.17) is 0 Å². The third-order valence-electron chi connectivity index (χ3n) is 4.52. The molecule has 4 nitrogen and oxygen atoms in total. The zero-order chi connectivity index (χ0) is 14.1. The number of hydrogen-bond donors (Lipinski definition) is 1. The van der Waals surface area contributed by atoms with E-state index in [1.165, 1.54) is 11.1 Å². The Bertz CT molecular complexity index is 479. The number of carbonyl (C=O) groups excluding carboxylic acids is 1. The number of carbonyl (C=O) groups is 1. The fourth-order valence-electron chi connectivity index (χ4n) is 3.18. The molecular weight excluding hydrogens is 250 g/mol. The van der Waals surface area contributed by atoms with E-state index in [9.17, 15) is 4.79 Å². The summed E-state index contributed by atoms with van der Waals surface area (Å²) in [6.07, 6.45) is 0. The highest BCUT2D eigenvalue weighted by Crippen LogP contribution is 2.28. The number of nitrogens with zero attached hydrogens (tertiary/aromatic N) is 2. The maximum Gasteiger partial charge on any atom is 0.219 e. The topological polar surface area (TPSA) is 35.6 Å². The minimum atomic E-state index is 0.197. The summed E-state index contributed by atoms with van der Waals surface area (Å²) in [4.78, 5) is 15.8. The summed E-state index contributed by atoms with van der Waals surface area (Å²) in [5.41, 5.74) is 2.68. The molecule has 0 spiro atoms. The molecule has 3 rings (SSSR count). The number of piperazine rings is 1. The Morgan fingerprint density at radius 3 is 2.60 bits per heavy atom. The van der Waals surface area contributed by atoms with E-state index in [0.717, 1.165) is 32.7 Å². The first-order valence-electron chi connectivity index (χ1n) is 7.43. The van der Waals surface area contributed by atoms with Crippen molar-refractivity contribution in [3.63, 3.8) is 0 Å². The van der Waals surface area contributed by atoms with Gasteiger partial charge in [-0.15, -0.1) is 0 Å². The largest absolute Gasteiger partial charge is 0.340 e. The second kappa shape index (κ2) is 5.54. The van der Waals surface area contributed by atoms with Crippen LogP contribution in [0.5, 0.6) is 0 Å². The van der Waals surface area contributed by atoms with Crippen molar-refractivity contribution in [2.24, 2.45) is 0 Å². The van der Waals surface area contributed by atoms with Crippen LogP contribution in [0.3, 0.4) is 0 Å². The highest BCUT2D eigenvalue weighted by atomic mass is 16.2. The van der Waals surface area contributed by atoms with Crippen molar-refractivity contribution in [2.75, 3.05) is 32.7 Å². The lowest BCUT2D eigenvalue weighted by molar-refractivity contribution is -0.137. The van der Waals surface area contributed by atoms with Gasteiger partial charge in [0.1, 0.15) is 0 Å². The van der Waals surface area contributed by atoms with Gasteiger partial charge in [-0.1, -0.05) is 29.8 Å². The number of hydrogen-bond acceptors (Lipinski definition) is 3. The van der Waals surface area contributed by atoms with Gasteiger partial charge < -0.3 is 10.2 Å². The van der Waals surface area contributed by atoms with Crippen LogP contribution >= 0.6 is 0 Å². The van der Waals surface area contributed by atoms with E-state index in [-0.39, 0.29) is 5.91 Å². The molecule has 2 heterocycles. The van der Waals surface area contributed by atoms with Crippen molar-refractivity contribution in [1.82, 2.24) is 15.1 Å². The molecule has 2 saturated heterocycles. The van der Waals surface area contributed by atoms with Gasteiger partial charge in [-0.05, 0) is 12.5 Å². The Morgan fingerprint density at radius 2 is 1.95 bits per heavy atom. The SMILES string of the molecule is CC(=O)N1CC(N2CCNCC2c2ccc(C)cc2)C1. The van der Waals surface area contributed by atoms with Crippen molar-refractivity contribution >= 4 is 5.91 Å². The highest BCUT2D eigenvalue weighted by Gasteiger charge is 2.37. The lowest BCUT2D eigenvalue weighted by Crippen LogP contribution is -2.64. The molecular formula is C16H23N3O. The van der Waals surface area contributed by atoms with Gasteiger partial charge in [0.2, 0.25) is 5.91 Å². The quantitative estimate of drug-likeness (QED) is 0.878. The first-order chi connectivity index (χ1) is 9.65. The van der Waals surface area contributed by atoms with E-state index >= 15 is 0 Å². The number of aryl methyl sites for hydroxylation is 1. The summed E-state index contributed by atoms with van der Waals surface area (Å²) >= 11 is 0. The third kappa shape index (κ3) is 2.58. The number of amides is 1. The van der Waals surface area contributed by atoms with Crippen LogP contribution in [0, 0.1) is 6.92 Å². The van der Waals surface area contributed by atoms with Crippen LogP contribution in [0.15, 0.2) is 24.3 Å². The number of nitrogens with one attached hydrogen (secondary N) is 1. The predicted octanol–water partition coefficient (Wildman–Crippen LogP) is 1.17. The molecule has 0 aliphatic carbocycles. The smallest absolute Gasteiger partial charge is 0.219 e. The van der Waals surface area contributed by atoms with Crippen LogP contribution in [0.1, 0.15) is 24.1 Å². The fraction of sp³-hybridized carbons (Fsp3) is 0.562. The Balaban J connectivity index is 1.72. The Hall–Kier alpha value is -1.39. The number of rotatable bonds is 2. The molecule has 1 N–H and O–H groups in total. The molecule has 1 aromatic rings. The van der Waals surface area contributed by atoms with Gasteiger partial charge in [-0.3, -0.25) is 9.69 Å². The Morgan fingerprint density at radius 1 is 1.25 bits per heavy atom. The number of likely N-dealkylation sites (tertiary alicyclic amines) is 1. The molecule has 0 saturated carbocycles. The molecule has 2 aliphatic rings. The van der Waals surface area contributed by atoms with Crippen molar-refractivity contribution in [3.8, 4) is 0 Å². The van der Waals surface area contributed by atoms with Gasteiger partial charge in [-0.2, -0.15) is 0 Å². The van der Waals surface area contributed by atoms with E-state index < -0.39 is 0 Å². The fourth-order valence-corrected chi connectivity index (χ4v) is 3.18. The third-order valence-corrected chi connectivity index (χ3v) is 4.52. The van der Waals surface area contributed by atoms with Gasteiger partial charge in [0.05, 0.1) is 0 Å².